The van der Waals surface area contributed by atoms with E-state index in [1.165, 1.54) is 38.5 Å². The van der Waals surface area contributed by atoms with E-state index in [9.17, 15) is 4.79 Å². The Morgan fingerprint density at radius 3 is 2.65 bits per heavy atom. The summed E-state index contributed by atoms with van der Waals surface area (Å²) >= 11 is 0. The van der Waals surface area contributed by atoms with E-state index in [2.05, 4.69) is 24.5 Å². The van der Waals surface area contributed by atoms with Gasteiger partial charge in [-0.25, -0.2) is 4.79 Å². The van der Waals surface area contributed by atoms with Crippen LogP contribution in [0.15, 0.2) is 0 Å². The molecule has 0 saturated heterocycles. The van der Waals surface area contributed by atoms with Gasteiger partial charge in [-0.2, -0.15) is 0 Å². The number of ether oxygens (including phenoxy) is 1. The fourth-order valence-electron chi connectivity index (χ4n) is 3.33. The summed E-state index contributed by atoms with van der Waals surface area (Å²) in [6.07, 6.45) is 8.60. The smallest absolute Gasteiger partial charge is 0.407 e. The Balaban J connectivity index is 2.34. The van der Waals surface area contributed by atoms with Gasteiger partial charge in [0.25, 0.3) is 0 Å². The van der Waals surface area contributed by atoms with E-state index < -0.39 is 5.60 Å². The van der Waals surface area contributed by atoms with Crippen molar-refractivity contribution < 1.29 is 9.53 Å². The van der Waals surface area contributed by atoms with Crippen molar-refractivity contribution in [3.8, 4) is 0 Å². The summed E-state index contributed by atoms with van der Waals surface area (Å²) in [7, 11) is 0. The van der Waals surface area contributed by atoms with Gasteiger partial charge in [0, 0.05) is 12.6 Å². The van der Waals surface area contributed by atoms with Crippen LogP contribution in [0.2, 0.25) is 0 Å². The number of carbonyl (C=O) groups excluding carboxylic acids is 1. The standard InChI is InChI=1S/C19H38N2O2/c1-6-7-11-17(14-21-18(22)23-19(3,4)5)20-13-16-10-8-9-15(2)12-16/h15-17,20H,6-14H2,1-5H3,(H,21,22). The van der Waals surface area contributed by atoms with E-state index in [-0.39, 0.29) is 6.09 Å². The molecule has 0 heterocycles. The van der Waals surface area contributed by atoms with Crippen molar-refractivity contribution in [3.05, 3.63) is 0 Å². The predicted molar refractivity (Wildman–Crippen MR) is 96.7 cm³/mol. The summed E-state index contributed by atoms with van der Waals surface area (Å²) in [5.41, 5.74) is -0.436. The maximum absolute atomic E-state index is 11.8. The van der Waals surface area contributed by atoms with E-state index in [1.807, 2.05) is 20.8 Å². The lowest BCUT2D eigenvalue weighted by Crippen LogP contribution is -2.44. The fraction of sp³-hybridized carbons (Fsp3) is 0.947. The average Bonchev–Trinajstić information content (AvgIpc) is 2.44. The highest BCUT2D eigenvalue weighted by atomic mass is 16.6. The summed E-state index contributed by atoms with van der Waals surface area (Å²) < 4.78 is 5.32. The Hall–Kier alpha value is -0.770. The lowest BCUT2D eigenvalue weighted by molar-refractivity contribution is 0.0521. The second-order valence-corrected chi connectivity index (χ2v) is 8.27. The number of hydrogen-bond acceptors (Lipinski definition) is 3. The quantitative estimate of drug-likeness (QED) is 0.691. The minimum Gasteiger partial charge on any atom is -0.444 e. The van der Waals surface area contributed by atoms with Gasteiger partial charge in [-0.3, -0.25) is 0 Å². The Kier molecular flexibility index (Phi) is 8.96. The van der Waals surface area contributed by atoms with E-state index in [0.717, 1.165) is 24.8 Å². The van der Waals surface area contributed by atoms with Gasteiger partial charge in [0.05, 0.1) is 0 Å². The molecule has 0 aromatic carbocycles. The summed E-state index contributed by atoms with van der Waals surface area (Å²) in [4.78, 5) is 11.8. The molecule has 1 saturated carbocycles. The van der Waals surface area contributed by atoms with Crippen molar-refractivity contribution in [2.24, 2.45) is 11.8 Å². The lowest BCUT2D eigenvalue weighted by atomic mass is 9.82. The van der Waals surface area contributed by atoms with Gasteiger partial charge in [0.2, 0.25) is 0 Å². The maximum atomic E-state index is 11.8. The van der Waals surface area contributed by atoms with Gasteiger partial charge in [-0.15, -0.1) is 0 Å². The van der Waals surface area contributed by atoms with Crippen LogP contribution < -0.4 is 10.6 Å². The van der Waals surface area contributed by atoms with E-state index >= 15 is 0 Å². The molecule has 4 nitrogen and oxygen atoms in total. The third-order valence-corrected chi connectivity index (χ3v) is 4.54. The average molecular weight is 327 g/mol. The van der Waals surface area contributed by atoms with Crippen molar-refractivity contribution in [2.45, 2.75) is 91.2 Å². The molecule has 1 aliphatic rings. The minimum absolute atomic E-state index is 0.313. The van der Waals surface area contributed by atoms with Crippen molar-refractivity contribution in [1.82, 2.24) is 10.6 Å². The third-order valence-electron chi connectivity index (χ3n) is 4.54. The van der Waals surface area contributed by atoms with Gasteiger partial charge in [-0.1, -0.05) is 39.5 Å². The van der Waals surface area contributed by atoms with Gasteiger partial charge in [0.15, 0.2) is 0 Å². The Labute approximate surface area is 143 Å². The maximum Gasteiger partial charge on any atom is 0.407 e. The topological polar surface area (TPSA) is 50.4 Å². The fourth-order valence-corrected chi connectivity index (χ4v) is 3.33. The van der Waals surface area contributed by atoms with Crippen LogP contribution in [0.5, 0.6) is 0 Å². The van der Waals surface area contributed by atoms with Gasteiger partial charge < -0.3 is 15.4 Å². The van der Waals surface area contributed by atoms with Crippen LogP contribution in [0, 0.1) is 11.8 Å². The summed E-state index contributed by atoms with van der Waals surface area (Å²) in [5, 5.41) is 6.61. The molecule has 2 N–H and O–H groups in total. The third kappa shape index (κ3) is 9.85. The first-order valence-electron chi connectivity index (χ1n) is 9.50. The van der Waals surface area contributed by atoms with E-state index in [4.69, 9.17) is 4.74 Å². The molecule has 0 aromatic heterocycles. The second kappa shape index (κ2) is 10.2. The molecule has 3 unspecified atom stereocenters. The number of alkyl carbamates (subject to hydrolysis) is 1. The largest absolute Gasteiger partial charge is 0.444 e. The number of carbonyl (C=O) groups is 1. The van der Waals surface area contributed by atoms with Crippen molar-refractivity contribution in [2.75, 3.05) is 13.1 Å². The monoisotopic (exact) mass is 326 g/mol. The second-order valence-electron chi connectivity index (χ2n) is 8.27. The molecule has 23 heavy (non-hydrogen) atoms. The normalized spacial score (nSPS) is 23.3. The first-order valence-corrected chi connectivity index (χ1v) is 9.50. The highest BCUT2D eigenvalue weighted by Gasteiger charge is 2.21. The first-order chi connectivity index (χ1) is 10.8. The summed E-state index contributed by atoms with van der Waals surface area (Å²) in [5.74, 6) is 1.66. The molecule has 3 atom stereocenters. The van der Waals surface area contributed by atoms with E-state index in [0.29, 0.717) is 12.6 Å². The van der Waals surface area contributed by atoms with Gasteiger partial charge in [-0.05, 0) is 58.4 Å². The first kappa shape index (κ1) is 20.3. The Morgan fingerprint density at radius 1 is 1.30 bits per heavy atom. The molecule has 136 valence electrons. The molecule has 0 spiro atoms. The molecule has 1 fully saturated rings. The zero-order valence-corrected chi connectivity index (χ0v) is 15.9. The van der Waals surface area contributed by atoms with Crippen LogP contribution in [0.4, 0.5) is 4.79 Å². The molecule has 1 rings (SSSR count). The summed E-state index contributed by atoms with van der Waals surface area (Å²) in [6.45, 7) is 12.0. The van der Waals surface area contributed by atoms with E-state index in [1.54, 1.807) is 0 Å². The Bertz CT molecular complexity index is 339. The number of nitrogens with one attached hydrogen (secondary N) is 2. The molecule has 0 radical (unpaired) electrons. The number of hydrogen-bond donors (Lipinski definition) is 2. The molecular formula is C19H38N2O2. The van der Waals surface area contributed by atoms with Crippen molar-refractivity contribution in [3.63, 3.8) is 0 Å². The molecule has 1 aliphatic carbocycles. The number of unbranched alkanes of at least 4 members (excludes halogenated alkanes) is 1. The zero-order valence-electron chi connectivity index (χ0n) is 15.9. The van der Waals surface area contributed by atoms with Gasteiger partial charge in [0.1, 0.15) is 5.60 Å². The van der Waals surface area contributed by atoms with Crippen LogP contribution in [-0.4, -0.2) is 30.8 Å². The number of amides is 1. The molecular weight excluding hydrogens is 288 g/mol. The summed E-state index contributed by atoms with van der Waals surface area (Å²) in [6, 6.07) is 0.347. The van der Waals surface area contributed by atoms with Crippen LogP contribution in [-0.2, 0) is 4.74 Å². The SMILES string of the molecule is CCCCC(CNC(=O)OC(C)(C)C)NCC1CCCC(C)C1. The zero-order chi connectivity index (χ0) is 17.3. The van der Waals surface area contributed by atoms with Crippen molar-refractivity contribution >= 4 is 6.09 Å². The van der Waals surface area contributed by atoms with Crippen LogP contribution >= 0.6 is 0 Å². The highest BCUT2D eigenvalue weighted by Crippen LogP contribution is 2.28. The molecule has 0 aliphatic heterocycles. The number of rotatable bonds is 8. The molecule has 1 amide bonds. The predicted octanol–water partition coefficient (Wildman–Crippen LogP) is 4.49. The van der Waals surface area contributed by atoms with Crippen LogP contribution in [0.25, 0.3) is 0 Å². The highest BCUT2D eigenvalue weighted by molar-refractivity contribution is 5.67. The minimum atomic E-state index is -0.436. The Morgan fingerprint density at radius 2 is 2.04 bits per heavy atom. The lowest BCUT2D eigenvalue weighted by Gasteiger charge is -2.29. The van der Waals surface area contributed by atoms with Crippen LogP contribution in [0.1, 0.15) is 79.6 Å². The van der Waals surface area contributed by atoms with Crippen molar-refractivity contribution in [1.29, 1.82) is 0 Å². The van der Waals surface area contributed by atoms with Gasteiger partial charge >= 0.3 is 6.09 Å². The molecule has 0 bridgehead atoms. The molecule has 0 aromatic rings. The van der Waals surface area contributed by atoms with Crippen LogP contribution in [0.3, 0.4) is 0 Å². The molecule has 4 heteroatoms.